The zero-order valence-electron chi connectivity index (χ0n) is 19.2. The number of aromatic hydroxyl groups is 1. The van der Waals surface area contributed by atoms with E-state index in [0.717, 1.165) is 18.9 Å². The molecule has 3 aromatic rings. The number of hydrogen-bond acceptors (Lipinski definition) is 7. The van der Waals surface area contributed by atoms with Gasteiger partial charge in [-0.25, -0.2) is 17.6 Å². The van der Waals surface area contributed by atoms with Gasteiger partial charge in [-0.1, -0.05) is 12.1 Å². The summed E-state index contributed by atoms with van der Waals surface area (Å²) in [6.45, 7) is 0.645. The Morgan fingerprint density at radius 2 is 1.71 bits per heavy atom. The predicted octanol–water partition coefficient (Wildman–Crippen LogP) is 2.17. The normalized spacial score (nSPS) is 14.8. The second kappa shape index (κ2) is 9.59. The number of carbonyl (C=O) groups is 2. The van der Waals surface area contributed by atoms with Crippen LogP contribution in [0, 0.1) is 5.82 Å². The molecule has 0 spiro atoms. The molecule has 1 saturated heterocycles. The highest BCUT2D eigenvalue weighted by molar-refractivity contribution is 7.88. The van der Waals surface area contributed by atoms with Gasteiger partial charge in [0.25, 0.3) is 5.91 Å². The van der Waals surface area contributed by atoms with Crippen LogP contribution in [0.1, 0.15) is 31.8 Å². The van der Waals surface area contributed by atoms with Gasteiger partial charge in [0.05, 0.1) is 18.9 Å². The second-order valence-electron chi connectivity index (χ2n) is 8.31. The fraction of sp³-hybridized carbons (Fsp3) is 0.292. The molecule has 2 heterocycles. The number of hydrogen-bond donors (Lipinski definition) is 1. The van der Waals surface area contributed by atoms with Crippen LogP contribution < -0.4 is 0 Å². The summed E-state index contributed by atoms with van der Waals surface area (Å²) in [5, 5.41) is 11.0. The van der Waals surface area contributed by atoms with Crippen LogP contribution in [0.3, 0.4) is 0 Å². The molecule has 0 saturated carbocycles. The molecule has 4 rings (SSSR count). The fourth-order valence-corrected chi connectivity index (χ4v) is 4.92. The van der Waals surface area contributed by atoms with Gasteiger partial charge in [-0.3, -0.25) is 9.78 Å². The molecule has 1 amide bonds. The number of benzene rings is 2. The van der Waals surface area contributed by atoms with Gasteiger partial charge in [0.2, 0.25) is 10.0 Å². The highest BCUT2D eigenvalue weighted by Gasteiger charge is 2.29. The van der Waals surface area contributed by atoms with Gasteiger partial charge in [-0.2, -0.15) is 4.31 Å². The molecular formula is C24H24FN3O6S. The monoisotopic (exact) mass is 501 g/mol. The molecule has 1 N–H and O–H groups in total. The van der Waals surface area contributed by atoms with Crippen molar-refractivity contribution in [3.05, 3.63) is 70.7 Å². The van der Waals surface area contributed by atoms with Crippen molar-refractivity contribution in [3.8, 4) is 5.75 Å². The molecule has 0 radical (unpaired) electrons. The van der Waals surface area contributed by atoms with Crippen LogP contribution in [-0.4, -0.2) is 79.1 Å². The SMILES string of the molecule is COC(=O)c1cc(C(=O)N2CCN(S(C)(=O)=O)CC2)c2cc(Cc3ccc(F)cc3)cnc2c1O. The number of pyridine rings is 1. The number of carbonyl (C=O) groups excluding carboxylic acids is 2. The van der Waals surface area contributed by atoms with E-state index in [1.54, 1.807) is 18.2 Å². The summed E-state index contributed by atoms with van der Waals surface area (Å²) in [4.78, 5) is 31.6. The van der Waals surface area contributed by atoms with Crippen LogP contribution in [0.5, 0.6) is 5.75 Å². The van der Waals surface area contributed by atoms with Crippen molar-refractivity contribution >= 4 is 32.8 Å². The predicted molar refractivity (Wildman–Crippen MR) is 126 cm³/mol. The zero-order valence-corrected chi connectivity index (χ0v) is 20.0. The van der Waals surface area contributed by atoms with Crippen LogP contribution in [0.25, 0.3) is 10.9 Å². The van der Waals surface area contributed by atoms with E-state index in [0.29, 0.717) is 17.4 Å². The number of sulfonamides is 1. The first-order valence-corrected chi connectivity index (χ1v) is 12.6. The van der Waals surface area contributed by atoms with Crippen molar-refractivity contribution in [1.29, 1.82) is 0 Å². The minimum absolute atomic E-state index is 0.0638. The fourth-order valence-electron chi connectivity index (χ4n) is 4.09. The van der Waals surface area contributed by atoms with Gasteiger partial charge >= 0.3 is 5.97 Å². The van der Waals surface area contributed by atoms with Crippen LogP contribution >= 0.6 is 0 Å². The summed E-state index contributed by atoms with van der Waals surface area (Å²) in [6.07, 6.45) is 3.05. The van der Waals surface area contributed by atoms with Gasteiger partial charge in [0.15, 0.2) is 5.75 Å². The lowest BCUT2D eigenvalue weighted by Gasteiger charge is -2.33. The van der Waals surface area contributed by atoms with E-state index in [2.05, 4.69) is 4.98 Å². The van der Waals surface area contributed by atoms with Gasteiger partial charge in [-0.15, -0.1) is 0 Å². The summed E-state index contributed by atoms with van der Waals surface area (Å²) in [6, 6.07) is 8.96. The molecule has 2 aromatic carbocycles. The molecule has 11 heteroatoms. The van der Waals surface area contributed by atoms with Crippen molar-refractivity contribution in [2.24, 2.45) is 0 Å². The molecule has 1 fully saturated rings. The topological polar surface area (TPSA) is 117 Å². The molecule has 0 atom stereocenters. The van der Waals surface area contributed by atoms with Gasteiger partial charge in [0.1, 0.15) is 16.9 Å². The smallest absolute Gasteiger partial charge is 0.341 e. The molecule has 184 valence electrons. The minimum atomic E-state index is -3.37. The number of amides is 1. The Bertz CT molecular complexity index is 1400. The van der Waals surface area contributed by atoms with Crippen molar-refractivity contribution in [1.82, 2.24) is 14.2 Å². The molecule has 9 nitrogen and oxygen atoms in total. The van der Waals surface area contributed by atoms with Crippen LogP contribution in [0.15, 0.2) is 42.6 Å². The Balaban J connectivity index is 1.75. The third-order valence-corrected chi connectivity index (χ3v) is 7.26. The number of aromatic nitrogens is 1. The maximum absolute atomic E-state index is 13.5. The summed E-state index contributed by atoms with van der Waals surface area (Å²) < 4.78 is 43.0. The second-order valence-corrected chi connectivity index (χ2v) is 10.3. The summed E-state index contributed by atoms with van der Waals surface area (Å²) >= 11 is 0. The number of phenols is 1. The first-order valence-electron chi connectivity index (χ1n) is 10.8. The summed E-state index contributed by atoms with van der Waals surface area (Å²) in [5.74, 6) is -2.00. The standard InChI is InChI=1S/C24H24FN3O6S/c1-34-24(31)20-13-19(23(30)27-7-9-28(10-8-27)35(2,32)33)18-12-16(14-26-21(18)22(20)29)11-15-3-5-17(25)6-4-15/h3-6,12-14,29H,7-11H2,1-2H3. The van der Waals surface area contributed by atoms with E-state index >= 15 is 0 Å². The Kier molecular flexibility index (Phi) is 6.73. The third-order valence-electron chi connectivity index (χ3n) is 5.95. The average molecular weight is 502 g/mol. The average Bonchev–Trinajstić information content (AvgIpc) is 2.84. The molecule has 1 aliphatic rings. The van der Waals surface area contributed by atoms with E-state index in [1.165, 1.54) is 33.6 Å². The van der Waals surface area contributed by atoms with Crippen LogP contribution in [0.2, 0.25) is 0 Å². The third kappa shape index (κ3) is 5.10. The molecule has 0 unspecified atom stereocenters. The van der Waals surface area contributed by atoms with E-state index in [1.807, 2.05) is 0 Å². The minimum Gasteiger partial charge on any atom is -0.505 e. The quantitative estimate of drug-likeness (QED) is 0.533. The number of phenolic OH excluding ortho intramolecular Hbond substituents is 1. The number of esters is 1. The number of fused-ring (bicyclic) bond motifs is 1. The number of nitrogens with zero attached hydrogens (tertiary/aromatic N) is 3. The number of rotatable bonds is 5. The van der Waals surface area contributed by atoms with E-state index in [4.69, 9.17) is 4.74 Å². The van der Waals surface area contributed by atoms with Crippen LogP contribution in [0.4, 0.5) is 4.39 Å². The van der Waals surface area contributed by atoms with E-state index in [-0.39, 0.29) is 48.6 Å². The maximum atomic E-state index is 13.5. The molecule has 0 bridgehead atoms. The lowest BCUT2D eigenvalue weighted by molar-refractivity contribution is 0.0597. The highest BCUT2D eigenvalue weighted by atomic mass is 32.2. The van der Waals surface area contributed by atoms with E-state index in [9.17, 15) is 27.5 Å². The van der Waals surface area contributed by atoms with Crippen LogP contribution in [-0.2, 0) is 21.2 Å². The van der Waals surface area contributed by atoms with Gasteiger partial charge in [0, 0.05) is 37.8 Å². The Morgan fingerprint density at radius 3 is 2.31 bits per heavy atom. The van der Waals surface area contributed by atoms with Gasteiger partial charge < -0.3 is 14.7 Å². The number of methoxy groups -OCH3 is 1. The van der Waals surface area contributed by atoms with Crippen molar-refractivity contribution in [2.45, 2.75) is 6.42 Å². The number of halogens is 1. The van der Waals surface area contributed by atoms with Crippen molar-refractivity contribution < 1.29 is 32.2 Å². The molecular weight excluding hydrogens is 477 g/mol. The zero-order chi connectivity index (χ0) is 25.3. The first-order chi connectivity index (χ1) is 16.6. The molecule has 35 heavy (non-hydrogen) atoms. The van der Waals surface area contributed by atoms with Gasteiger partial charge in [-0.05, 0) is 41.8 Å². The highest BCUT2D eigenvalue weighted by Crippen LogP contribution is 2.33. The van der Waals surface area contributed by atoms with E-state index < -0.39 is 27.6 Å². The first kappa shape index (κ1) is 24.6. The Labute approximate surface area is 201 Å². The summed E-state index contributed by atoms with van der Waals surface area (Å²) in [7, 11) is -2.21. The molecule has 0 aliphatic carbocycles. The lowest BCUT2D eigenvalue weighted by Crippen LogP contribution is -2.50. The largest absolute Gasteiger partial charge is 0.505 e. The number of ether oxygens (including phenoxy) is 1. The summed E-state index contributed by atoms with van der Waals surface area (Å²) in [5.41, 5.74) is 1.54. The Morgan fingerprint density at radius 1 is 1.06 bits per heavy atom. The van der Waals surface area contributed by atoms with Crippen molar-refractivity contribution in [3.63, 3.8) is 0 Å². The maximum Gasteiger partial charge on any atom is 0.341 e. The molecule has 1 aliphatic heterocycles. The Hall–Kier alpha value is -3.57. The molecule has 1 aromatic heterocycles. The number of piperazine rings is 1. The van der Waals surface area contributed by atoms with Crippen molar-refractivity contribution in [2.75, 3.05) is 39.5 Å². The lowest BCUT2D eigenvalue weighted by atomic mass is 9.98.